The van der Waals surface area contributed by atoms with E-state index in [2.05, 4.69) is 16.7 Å². The molecule has 0 aliphatic carbocycles. The van der Waals surface area contributed by atoms with Gasteiger partial charge in [-0.25, -0.2) is 4.90 Å². The van der Waals surface area contributed by atoms with Crippen LogP contribution >= 0.6 is 11.6 Å². The molecule has 30 heavy (non-hydrogen) atoms. The van der Waals surface area contributed by atoms with E-state index in [0.29, 0.717) is 22.0 Å². The van der Waals surface area contributed by atoms with E-state index in [1.807, 2.05) is 32.0 Å². The SMILES string of the molecule is CCN1CCN(C2=C(c3ccc(C)c(C)c3)C(=O)N(c3ccc(Cl)cc3)C2=O)CC1. The summed E-state index contributed by atoms with van der Waals surface area (Å²) in [6.45, 7) is 10.4. The zero-order chi connectivity index (χ0) is 21.4. The summed E-state index contributed by atoms with van der Waals surface area (Å²) in [6.07, 6.45) is 0. The van der Waals surface area contributed by atoms with Crippen LogP contribution in [0, 0.1) is 13.8 Å². The predicted octanol–water partition coefficient (Wildman–Crippen LogP) is 3.88. The van der Waals surface area contributed by atoms with Crippen LogP contribution in [-0.4, -0.2) is 54.3 Å². The number of benzene rings is 2. The Kier molecular flexibility index (Phi) is 5.67. The number of amides is 2. The Morgan fingerprint density at radius 3 is 2.13 bits per heavy atom. The van der Waals surface area contributed by atoms with E-state index >= 15 is 0 Å². The van der Waals surface area contributed by atoms with Crippen molar-refractivity contribution in [3.63, 3.8) is 0 Å². The van der Waals surface area contributed by atoms with Crippen molar-refractivity contribution in [1.82, 2.24) is 9.80 Å². The van der Waals surface area contributed by atoms with Crippen LogP contribution in [0.25, 0.3) is 5.57 Å². The minimum Gasteiger partial charge on any atom is -0.364 e. The summed E-state index contributed by atoms with van der Waals surface area (Å²) in [5, 5.41) is 0.566. The van der Waals surface area contributed by atoms with Crippen molar-refractivity contribution in [2.45, 2.75) is 20.8 Å². The van der Waals surface area contributed by atoms with Gasteiger partial charge >= 0.3 is 0 Å². The summed E-state index contributed by atoms with van der Waals surface area (Å²) in [5.74, 6) is -0.543. The lowest BCUT2D eigenvalue weighted by molar-refractivity contribution is -0.120. The second kappa shape index (κ2) is 8.25. The average molecular weight is 424 g/mol. The molecule has 0 saturated carbocycles. The second-order valence-electron chi connectivity index (χ2n) is 7.87. The van der Waals surface area contributed by atoms with Crippen LogP contribution in [-0.2, 0) is 9.59 Å². The lowest BCUT2D eigenvalue weighted by atomic mass is 9.99. The number of anilines is 1. The van der Waals surface area contributed by atoms with E-state index in [1.165, 1.54) is 4.90 Å². The van der Waals surface area contributed by atoms with Gasteiger partial charge in [0.05, 0.1) is 11.3 Å². The van der Waals surface area contributed by atoms with E-state index in [0.717, 1.165) is 49.4 Å². The van der Waals surface area contributed by atoms with Crippen LogP contribution in [0.5, 0.6) is 0 Å². The van der Waals surface area contributed by atoms with Crippen molar-refractivity contribution < 1.29 is 9.59 Å². The number of carbonyl (C=O) groups is 2. The second-order valence-corrected chi connectivity index (χ2v) is 8.30. The van der Waals surface area contributed by atoms with Crippen LogP contribution < -0.4 is 4.90 Å². The molecule has 0 bridgehead atoms. The van der Waals surface area contributed by atoms with Gasteiger partial charge in [0, 0.05) is 31.2 Å². The molecule has 1 saturated heterocycles. The highest BCUT2D eigenvalue weighted by Crippen LogP contribution is 2.36. The Bertz CT molecular complexity index is 1020. The van der Waals surface area contributed by atoms with E-state index in [4.69, 9.17) is 11.6 Å². The Morgan fingerprint density at radius 2 is 1.53 bits per heavy atom. The van der Waals surface area contributed by atoms with Crippen molar-refractivity contribution in [1.29, 1.82) is 0 Å². The maximum atomic E-state index is 13.5. The van der Waals surface area contributed by atoms with Gasteiger partial charge in [-0.2, -0.15) is 0 Å². The Hall–Kier alpha value is -2.63. The number of aryl methyl sites for hydroxylation is 2. The Labute approximate surface area is 182 Å². The van der Waals surface area contributed by atoms with Crippen molar-refractivity contribution in [3.05, 3.63) is 69.9 Å². The van der Waals surface area contributed by atoms with Gasteiger partial charge in [0.15, 0.2) is 0 Å². The first-order chi connectivity index (χ1) is 14.4. The summed E-state index contributed by atoms with van der Waals surface area (Å²) in [7, 11) is 0. The van der Waals surface area contributed by atoms with Crippen LogP contribution in [0.1, 0.15) is 23.6 Å². The quantitative estimate of drug-likeness (QED) is 0.700. The number of halogens is 1. The number of nitrogens with zero attached hydrogens (tertiary/aromatic N) is 3. The average Bonchev–Trinajstić information content (AvgIpc) is 3.01. The van der Waals surface area contributed by atoms with Gasteiger partial charge in [0.2, 0.25) is 0 Å². The van der Waals surface area contributed by atoms with Gasteiger partial charge in [-0.15, -0.1) is 0 Å². The highest BCUT2D eigenvalue weighted by atomic mass is 35.5. The van der Waals surface area contributed by atoms with Crippen LogP contribution in [0.2, 0.25) is 5.02 Å². The number of rotatable bonds is 4. The molecule has 5 nitrogen and oxygen atoms in total. The van der Waals surface area contributed by atoms with Gasteiger partial charge in [0.25, 0.3) is 11.8 Å². The molecule has 1 fully saturated rings. The third-order valence-corrected chi connectivity index (χ3v) is 6.33. The highest BCUT2D eigenvalue weighted by Gasteiger charge is 2.43. The molecule has 0 radical (unpaired) electrons. The summed E-state index contributed by atoms with van der Waals surface area (Å²) in [5.41, 5.74) is 4.58. The lowest BCUT2D eigenvalue weighted by Gasteiger charge is -2.36. The van der Waals surface area contributed by atoms with Crippen molar-refractivity contribution in [2.75, 3.05) is 37.6 Å². The molecule has 6 heteroatoms. The number of hydrogen-bond acceptors (Lipinski definition) is 4. The molecule has 2 aromatic rings. The molecule has 2 amide bonds. The third kappa shape index (κ3) is 3.64. The first-order valence-electron chi connectivity index (χ1n) is 10.3. The van der Waals surface area contributed by atoms with E-state index in [1.54, 1.807) is 24.3 Å². The minimum atomic E-state index is -0.279. The lowest BCUT2D eigenvalue weighted by Crippen LogP contribution is -2.47. The summed E-state index contributed by atoms with van der Waals surface area (Å²) < 4.78 is 0. The fourth-order valence-corrected chi connectivity index (χ4v) is 4.21. The zero-order valence-electron chi connectivity index (χ0n) is 17.6. The maximum Gasteiger partial charge on any atom is 0.282 e. The first kappa shape index (κ1) is 20.6. The summed E-state index contributed by atoms with van der Waals surface area (Å²) >= 11 is 6.01. The number of imide groups is 1. The van der Waals surface area contributed by atoms with E-state index in [-0.39, 0.29) is 11.8 Å². The fraction of sp³-hybridized carbons (Fsp3) is 0.333. The predicted molar refractivity (Wildman–Crippen MR) is 120 cm³/mol. The van der Waals surface area contributed by atoms with Crippen molar-refractivity contribution in [2.24, 2.45) is 0 Å². The summed E-state index contributed by atoms with van der Waals surface area (Å²) in [4.78, 5) is 32.8. The van der Waals surface area contributed by atoms with Crippen LogP contribution in [0.4, 0.5) is 5.69 Å². The molecule has 0 N–H and O–H groups in total. The molecule has 2 aromatic carbocycles. The smallest absolute Gasteiger partial charge is 0.282 e. The van der Waals surface area contributed by atoms with Gasteiger partial charge in [0.1, 0.15) is 5.70 Å². The van der Waals surface area contributed by atoms with Gasteiger partial charge in [-0.3, -0.25) is 9.59 Å². The molecule has 2 heterocycles. The maximum absolute atomic E-state index is 13.5. The monoisotopic (exact) mass is 423 g/mol. The largest absolute Gasteiger partial charge is 0.364 e. The molecular weight excluding hydrogens is 398 g/mol. The third-order valence-electron chi connectivity index (χ3n) is 6.08. The molecule has 0 spiro atoms. The van der Waals surface area contributed by atoms with Crippen molar-refractivity contribution >= 4 is 34.7 Å². The highest BCUT2D eigenvalue weighted by molar-refractivity contribution is 6.45. The standard InChI is InChI=1S/C24H26ClN3O2/c1-4-26-11-13-27(14-12-26)22-21(18-6-5-16(2)17(3)15-18)23(29)28(24(22)30)20-9-7-19(25)8-10-20/h5-10,15H,4,11-14H2,1-3H3. The summed E-state index contributed by atoms with van der Waals surface area (Å²) in [6, 6.07) is 12.8. The number of likely N-dealkylation sites (N-methyl/N-ethyl adjacent to an activating group) is 1. The molecule has 0 aromatic heterocycles. The fourth-order valence-electron chi connectivity index (χ4n) is 4.08. The Morgan fingerprint density at radius 1 is 0.867 bits per heavy atom. The van der Waals surface area contributed by atoms with Gasteiger partial charge in [-0.05, 0) is 61.3 Å². The van der Waals surface area contributed by atoms with Crippen LogP contribution in [0.3, 0.4) is 0 Å². The van der Waals surface area contributed by atoms with Gasteiger partial charge in [-0.1, -0.05) is 36.7 Å². The van der Waals surface area contributed by atoms with E-state index in [9.17, 15) is 9.59 Å². The molecule has 4 rings (SSSR count). The molecule has 0 atom stereocenters. The molecule has 2 aliphatic rings. The normalized spacial score (nSPS) is 18.0. The molecular formula is C24H26ClN3O2. The van der Waals surface area contributed by atoms with Gasteiger partial charge < -0.3 is 9.80 Å². The first-order valence-corrected chi connectivity index (χ1v) is 10.7. The Balaban J connectivity index is 1.79. The zero-order valence-corrected chi connectivity index (χ0v) is 18.4. The number of piperazine rings is 1. The number of carbonyl (C=O) groups excluding carboxylic acids is 2. The molecule has 0 unspecified atom stereocenters. The molecule has 2 aliphatic heterocycles. The minimum absolute atomic E-state index is 0.263. The van der Waals surface area contributed by atoms with E-state index < -0.39 is 0 Å². The number of hydrogen-bond donors (Lipinski definition) is 0. The van der Waals surface area contributed by atoms with Crippen LogP contribution in [0.15, 0.2) is 48.2 Å². The van der Waals surface area contributed by atoms with Crippen molar-refractivity contribution in [3.8, 4) is 0 Å². The molecule has 156 valence electrons. The topological polar surface area (TPSA) is 43.9 Å².